The summed E-state index contributed by atoms with van der Waals surface area (Å²) in [6.45, 7) is 4.33. The quantitative estimate of drug-likeness (QED) is 0.791. The van der Waals surface area contributed by atoms with E-state index >= 15 is 0 Å². The van der Waals surface area contributed by atoms with Crippen molar-refractivity contribution in [1.29, 1.82) is 0 Å². The maximum absolute atomic E-state index is 10.8. The van der Waals surface area contributed by atoms with Gasteiger partial charge in [0.25, 0.3) is 0 Å². The van der Waals surface area contributed by atoms with Gasteiger partial charge in [-0.05, 0) is 38.1 Å². The number of carbonyl (C=O) groups is 1. The van der Waals surface area contributed by atoms with E-state index in [0.29, 0.717) is 11.6 Å². The average molecular weight is 258 g/mol. The number of aldehydes is 1. The second-order valence-electron chi connectivity index (χ2n) is 4.99. The van der Waals surface area contributed by atoms with Crippen molar-refractivity contribution < 1.29 is 4.79 Å². The van der Waals surface area contributed by atoms with E-state index in [1.54, 1.807) is 16.8 Å². The van der Waals surface area contributed by atoms with Gasteiger partial charge in [-0.25, -0.2) is 9.50 Å². The van der Waals surface area contributed by atoms with E-state index in [4.69, 9.17) is 0 Å². The number of carbonyl (C=O) groups excluding carboxylic acids is 1. The molecule has 5 heteroatoms. The zero-order valence-electron chi connectivity index (χ0n) is 11.1. The normalized spacial score (nSPS) is 20.8. The summed E-state index contributed by atoms with van der Waals surface area (Å²) >= 11 is 0. The Bertz CT molecular complexity index is 592. The summed E-state index contributed by atoms with van der Waals surface area (Å²) in [5, 5.41) is 4.55. The first kappa shape index (κ1) is 12.3. The smallest absolute Gasteiger partial charge is 0.168 e. The molecule has 19 heavy (non-hydrogen) atoms. The van der Waals surface area contributed by atoms with Crippen LogP contribution in [0.3, 0.4) is 0 Å². The molecule has 1 saturated heterocycles. The van der Waals surface area contributed by atoms with E-state index in [1.165, 1.54) is 12.8 Å². The van der Waals surface area contributed by atoms with Crippen LogP contribution in [0.4, 0.5) is 0 Å². The highest BCUT2D eigenvalue weighted by molar-refractivity contribution is 5.74. The second kappa shape index (κ2) is 5.09. The first-order valence-electron chi connectivity index (χ1n) is 6.87. The molecule has 0 bridgehead atoms. The van der Waals surface area contributed by atoms with Gasteiger partial charge in [0.15, 0.2) is 17.8 Å². The fourth-order valence-corrected chi connectivity index (χ4v) is 2.79. The molecule has 100 valence electrons. The van der Waals surface area contributed by atoms with E-state index in [1.807, 2.05) is 6.07 Å². The summed E-state index contributed by atoms with van der Waals surface area (Å²) in [7, 11) is 0. The first-order valence-corrected chi connectivity index (χ1v) is 6.87. The van der Waals surface area contributed by atoms with Gasteiger partial charge in [0, 0.05) is 11.8 Å². The van der Waals surface area contributed by atoms with Crippen molar-refractivity contribution in [2.24, 2.45) is 0 Å². The molecule has 0 N–H and O–H groups in total. The van der Waals surface area contributed by atoms with Gasteiger partial charge >= 0.3 is 0 Å². The Labute approximate surface area is 112 Å². The van der Waals surface area contributed by atoms with Crippen LogP contribution in [0.5, 0.6) is 0 Å². The lowest BCUT2D eigenvalue weighted by atomic mass is 10.0. The number of pyridine rings is 1. The Morgan fingerprint density at radius 1 is 1.42 bits per heavy atom. The van der Waals surface area contributed by atoms with E-state index in [2.05, 4.69) is 21.9 Å². The van der Waals surface area contributed by atoms with Gasteiger partial charge in [-0.15, -0.1) is 5.10 Å². The Morgan fingerprint density at radius 3 is 3.11 bits per heavy atom. The maximum Gasteiger partial charge on any atom is 0.168 e. The molecule has 0 saturated carbocycles. The molecule has 3 rings (SSSR count). The molecule has 5 nitrogen and oxygen atoms in total. The van der Waals surface area contributed by atoms with Crippen LogP contribution < -0.4 is 0 Å². The van der Waals surface area contributed by atoms with Gasteiger partial charge in [0.2, 0.25) is 0 Å². The Hall–Kier alpha value is -1.75. The molecule has 0 aliphatic carbocycles. The Morgan fingerprint density at radius 2 is 2.32 bits per heavy atom. The minimum absolute atomic E-state index is 0.318. The van der Waals surface area contributed by atoms with Crippen LogP contribution in [0.25, 0.3) is 5.65 Å². The average Bonchev–Trinajstić information content (AvgIpc) is 2.89. The number of likely N-dealkylation sites (tertiary alicyclic amines) is 1. The van der Waals surface area contributed by atoms with Crippen molar-refractivity contribution in [1.82, 2.24) is 19.5 Å². The lowest BCUT2D eigenvalue weighted by Crippen LogP contribution is -2.33. The van der Waals surface area contributed by atoms with E-state index < -0.39 is 0 Å². The molecule has 1 aliphatic heterocycles. The molecule has 2 aromatic heterocycles. The third-order valence-electron chi connectivity index (χ3n) is 3.82. The summed E-state index contributed by atoms with van der Waals surface area (Å²) < 4.78 is 1.71. The fraction of sp³-hybridized carbons (Fsp3) is 0.500. The molecule has 2 aromatic rings. The number of rotatable bonds is 3. The van der Waals surface area contributed by atoms with Gasteiger partial charge in [0.1, 0.15) is 0 Å². The van der Waals surface area contributed by atoms with Crippen molar-refractivity contribution >= 4 is 11.9 Å². The molecule has 0 spiro atoms. The molecule has 1 atom stereocenters. The number of piperidine rings is 1. The lowest BCUT2D eigenvalue weighted by molar-refractivity contribution is 0.112. The molecule has 0 radical (unpaired) electrons. The third kappa shape index (κ3) is 2.26. The van der Waals surface area contributed by atoms with Crippen molar-refractivity contribution in [3.8, 4) is 0 Å². The molecule has 3 heterocycles. The zero-order chi connectivity index (χ0) is 13.2. The highest BCUT2D eigenvalue weighted by Gasteiger charge is 2.26. The van der Waals surface area contributed by atoms with Crippen molar-refractivity contribution in [2.45, 2.75) is 32.2 Å². The van der Waals surface area contributed by atoms with Crippen molar-refractivity contribution in [3.63, 3.8) is 0 Å². The number of hydrogen-bond acceptors (Lipinski definition) is 4. The van der Waals surface area contributed by atoms with E-state index in [0.717, 1.165) is 37.3 Å². The minimum atomic E-state index is 0.318. The highest BCUT2D eigenvalue weighted by atomic mass is 16.1. The Balaban J connectivity index is 1.97. The molecule has 0 amide bonds. The minimum Gasteiger partial charge on any atom is -0.298 e. The van der Waals surface area contributed by atoms with Crippen LogP contribution in [0.1, 0.15) is 48.4 Å². The molecule has 0 aromatic carbocycles. The van der Waals surface area contributed by atoms with Gasteiger partial charge in [-0.3, -0.25) is 9.69 Å². The molecular weight excluding hydrogens is 240 g/mol. The molecule has 1 aliphatic rings. The molecular formula is C14H18N4O. The van der Waals surface area contributed by atoms with Crippen LogP contribution in [0.2, 0.25) is 0 Å². The third-order valence-corrected chi connectivity index (χ3v) is 3.82. The van der Waals surface area contributed by atoms with E-state index in [-0.39, 0.29) is 0 Å². The second-order valence-corrected chi connectivity index (χ2v) is 4.99. The monoisotopic (exact) mass is 258 g/mol. The maximum atomic E-state index is 10.8. The summed E-state index contributed by atoms with van der Waals surface area (Å²) in [6.07, 6.45) is 6.17. The summed E-state index contributed by atoms with van der Waals surface area (Å²) in [5.41, 5.74) is 1.43. The largest absolute Gasteiger partial charge is 0.298 e. The van der Waals surface area contributed by atoms with Crippen molar-refractivity contribution in [2.75, 3.05) is 13.1 Å². The standard InChI is InChI=1S/C14H18N4O/c1-2-17-8-4-3-5-12(17)14-15-13-7-6-11(10-19)9-18(13)16-14/h6-7,9-10,12H,2-5,8H2,1H3. The lowest BCUT2D eigenvalue weighted by Gasteiger charge is -2.32. The van der Waals surface area contributed by atoms with Gasteiger partial charge < -0.3 is 0 Å². The predicted octanol–water partition coefficient (Wildman–Crippen LogP) is 2.09. The van der Waals surface area contributed by atoms with Crippen LogP contribution in [-0.4, -0.2) is 38.9 Å². The fourth-order valence-electron chi connectivity index (χ4n) is 2.79. The number of hydrogen-bond donors (Lipinski definition) is 0. The van der Waals surface area contributed by atoms with Gasteiger partial charge in [-0.1, -0.05) is 13.3 Å². The summed E-state index contributed by atoms with van der Waals surface area (Å²) in [4.78, 5) is 17.8. The molecule has 1 unspecified atom stereocenters. The van der Waals surface area contributed by atoms with Crippen LogP contribution >= 0.6 is 0 Å². The van der Waals surface area contributed by atoms with Crippen molar-refractivity contribution in [3.05, 3.63) is 29.7 Å². The van der Waals surface area contributed by atoms with Crippen LogP contribution in [0, 0.1) is 0 Å². The highest BCUT2D eigenvalue weighted by Crippen LogP contribution is 2.28. The van der Waals surface area contributed by atoms with Crippen LogP contribution in [-0.2, 0) is 0 Å². The number of aromatic nitrogens is 3. The topological polar surface area (TPSA) is 50.5 Å². The van der Waals surface area contributed by atoms with E-state index in [9.17, 15) is 4.79 Å². The number of fused-ring (bicyclic) bond motifs is 1. The number of nitrogens with zero attached hydrogens (tertiary/aromatic N) is 4. The SMILES string of the molecule is CCN1CCCCC1c1nc2ccc(C=O)cn2n1. The predicted molar refractivity (Wildman–Crippen MR) is 72.2 cm³/mol. The zero-order valence-corrected chi connectivity index (χ0v) is 11.1. The summed E-state index contributed by atoms with van der Waals surface area (Å²) in [6, 6.07) is 3.94. The van der Waals surface area contributed by atoms with Gasteiger partial charge in [-0.2, -0.15) is 0 Å². The van der Waals surface area contributed by atoms with Gasteiger partial charge in [0.05, 0.1) is 6.04 Å². The first-order chi connectivity index (χ1) is 9.31. The molecule has 1 fully saturated rings. The Kier molecular flexibility index (Phi) is 3.29. The van der Waals surface area contributed by atoms with Crippen LogP contribution in [0.15, 0.2) is 18.3 Å². The summed E-state index contributed by atoms with van der Waals surface area (Å²) in [5.74, 6) is 0.879.